The second kappa shape index (κ2) is 9.71. The van der Waals surface area contributed by atoms with Gasteiger partial charge in [0, 0.05) is 17.3 Å². The number of carbonyl (C=O) groups excluding carboxylic acids is 4. The van der Waals surface area contributed by atoms with E-state index in [0.717, 1.165) is 11.3 Å². The quantitative estimate of drug-likeness (QED) is 0.433. The molecule has 1 N–H and O–H groups in total. The van der Waals surface area contributed by atoms with Crippen molar-refractivity contribution < 1.29 is 23.9 Å². The first kappa shape index (κ1) is 24.5. The van der Waals surface area contributed by atoms with E-state index in [4.69, 9.17) is 4.74 Å². The van der Waals surface area contributed by atoms with Gasteiger partial charge in [0.25, 0.3) is 5.91 Å². The molecule has 2 fully saturated rings. The minimum atomic E-state index is -1.41. The molecule has 2 saturated heterocycles. The molecule has 4 atom stereocenters. The van der Waals surface area contributed by atoms with E-state index in [1.54, 1.807) is 30.8 Å². The average Bonchev–Trinajstić information content (AvgIpc) is 3.44. The maximum Gasteiger partial charge on any atom is 0.326 e. The summed E-state index contributed by atoms with van der Waals surface area (Å²) in [5, 5.41) is 3.46. The van der Waals surface area contributed by atoms with Crippen molar-refractivity contribution in [2.45, 2.75) is 31.5 Å². The molecular formula is C27H29N3O5S. The summed E-state index contributed by atoms with van der Waals surface area (Å²) in [6.07, 6.45) is 2.62. The number of hydrogen-bond donors (Lipinski definition) is 1. The third-order valence-electron chi connectivity index (χ3n) is 7.37. The number of rotatable bonds is 8. The first-order chi connectivity index (χ1) is 17.4. The third kappa shape index (κ3) is 3.72. The Bertz CT molecular complexity index is 1200. The second-order valence-electron chi connectivity index (χ2n) is 9.31. The number of thioether (sulfide) groups is 1. The van der Waals surface area contributed by atoms with Crippen molar-refractivity contribution in [1.29, 1.82) is 0 Å². The Morgan fingerprint density at radius 2 is 1.75 bits per heavy atom. The maximum absolute atomic E-state index is 14.2. The van der Waals surface area contributed by atoms with Crippen LogP contribution in [0.3, 0.4) is 0 Å². The standard InChI is InChI=1S/C27H29N3O5S/c1-3-35-21(31)16-29-20-12-8-7-11-18(20)27(26(29)34)23-22(19(28-27)13-14-36-2)24(32)30(25(23)33)15-17-9-5-4-6-10-17/h4-12,19,22-23,28H,3,13-16H2,1-2H3/t19-,22+,23+,27+/m1/s1. The van der Waals surface area contributed by atoms with Crippen LogP contribution in [0.4, 0.5) is 5.69 Å². The highest BCUT2D eigenvalue weighted by Crippen LogP contribution is 2.55. The summed E-state index contributed by atoms with van der Waals surface area (Å²) in [6.45, 7) is 1.83. The number of hydrogen-bond acceptors (Lipinski definition) is 7. The van der Waals surface area contributed by atoms with Crippen LogP contribution in [0.2, 0.25) is 0 Å². The number of likely N-dealkylation sites (tertiary alicyclic amines) is 1. The molecule has 3 aliphatic heterocycles. The molecule has 188 valence electrons. The summed E-state index contributed by atoms with van der Waals surface area (Å²) in [7, 11) is 0. The van der Waals surface area contributed by atoms with Crippen molar-refractivity contribution in [2.24, 2.45) is 11.8 Å². The number of benzene rings is 2. The highest BCUT2D eigenvalue weighted by molar-refractivity contribution is 7.98. The van der Waals surface area contributed by atoms with Gasteiger partial charge in [0.05, 0.1) is 25.0 Å². The molecule has 2 aromatic carbocycles. The number of fused-ring (bicyclic) bond motifs is 4. The minimum absolute atomic E-state index is 0.166. The highest BCUT2D eigenvalue weighted by atomic mass is 32.2. The van der Waals surface area contributed by atoms with Crippen molar-refractivity contribution in [1.82, 2.24) is 10.2 Å². The zero-order valence-electron chi connectivity index (χ0n) is 20.3. The van der Waals surface area contributed by atoms with Crippen molar-refractivity contribution in [3.63, 3.8) is 0 Å². The van der Waals surface area contributed by atoms with E-state index in [-0.39, 0.29) is 43.5 Å². The number of ether oxygens (including phenoxy) is 1. The Hall–Kier alpha value is -3.17. The summed E-state index contributed by atoms with van der Waals surface area (Å²) >= 11 is 1.65. The number of imide groups is 1. The van der Waals surface area contributed by atoms with E-state index in [2.05, 4.69) is 5.32 Å². The SMILES string of the molecule is CCOC(=O)CN1C(=O)[C@]2(N[C@H](CCSC)[C@@H]3C(=O)N(Cc4ccccc4)C(=O)[C@H]32)c2ccccc21. The van der Waals surface area contributed by atoms with Gasteiger partial charge in [-0.05, 0) is 37.0 Å². The Kier molecular flexibility index (Phi) is 6.61. The molecule has 0 bridgehead atoms. The summed E-state index contributed by atoms with van der Waals surface area (Å²) in [5.74, 6) is -2.28. The van der Waals surface area contributed by atoms with E-state index < -0.39 is 23.3 Å². The zero-order chi connectivity index (χ0) is 25.4. The van der Waals surface area contributed by atoms with Crippen LogP contribution in [0, 0.1) is 11.8 Å². The van der Waals surface area contributed by atoms with Crippen LogP contribution in [0.1, 0.15) is 24.5 Å². The molecule has 0 saturated carbocycles. The Labute approximate surface area is 214 Å². The maximum atomic E-state index is 14.2. The smallest absolute Gasteiger partial charge is 0.326 e. The topological polar surface area (TPSA) is 96.0 Å². The molecule has 0 aromatic heterocycles. The van der Waals surface area contributed by atoms with Crippen LogP contribution in [-0.2, 0) is 36.0 Å². The molecule has 0 aliphatic carbocycles. The Balaban J connectivity index is 1.58. The molecule has 1 spiro atoms. The molecule has 3 amide bonds. The van der Waals surface area contributed by atoms with Gasteiger partial charge in [-0.15, -0.1) is 0 Å². The number of esters is 1. The lowest BCUT2D eigenvalue weighted by atomic mass is 9.76. The number of amides is 3. The van der Waals surface area contributed by atoms with Crippen LogP contribution < -0.4 is 10.2 Å². The van der Waals surface area contributed by atoms with Crippen LogP contribution in [0.15, 0.2) is 54.6 Å². The minimum Gasteiger partial charge on any atom is -0.465 e. The molecule has 0 unspecified atom stereocenters. The van der Waals surface area contributed by atoms with Crippen LogP contribution >= 0.6 is 11.8 Å². The van der Waals surface area contributed by atoms with E-state index >= 15 is 0 Å². The predicted octanol–water partition coefficient (Wildman–Crippen LogP) is 2.32. The van der Waals surface area contributed by atoms with Gasteiger partial charge in [-0.3, -0.25) is 34.3 Å². The van der Waals surface area contributed by atoms with Crippen LogP contribution in [0.25, 0.3) is 0 Å². The zero-order valence-corrected chi connectivity index (χ0v) is 21.1. The van der Waals surface area contributed by atoms with Gasteiger partial charge in [-0.25, -0.2) is 0 Å². The lowest BCUT2D eigenvalue weighted by Gasteiger charge is -2.30. The molecule has 8 nitrogen and oxygen atoms in total. The Morgan fingerprint density at radius 1 is 1.03 bits per heavy atom. The average molecular weight is 508 g/mol. The summed E-state index contributed by atoms with van der Waals surface area (Å²) in [5.41, 5.74) is 0.635. The number of anilines is 1. The molecular weight excluding hydrogens is 478 g/mol. The van der Waals surface area contributed by atoms with Gasteiger partial charge >= 0.3 is 5.97 Å². The predicted molar refractivity (Wildman–Crippen MR) is 136 cm³/mol. The molecule has 0 radical (unpaired) electrons. The number of carbonyl (C=O) groups is 4. The molecule has 3 aliphatic rings. The van der Waals surface area contributed by atoms with Crippen molar-refractivity contribution in [2.75, 3.05) is 30.1 Å². The van der Waals surface area contributed by atoms with Gasteiger partial charge in [0.2, 0.25) is 11.8 Å². The number of nitrogens with one attached hydrogen (secondary N) is 1. The monoisotopic (exact) mass is 507 g/mol. The lowest BCUT2D eigenvalue weighted by molar-refractivity contribution is -0.144. The van der Waals surface area contributed by atoms with Gasteiger partial charge in [0.15, 0.2) is 0 Å². The normalized spacial score (nSPS) is 26.6. The van der Waals surface area contributed by atoms with Crippen LogP contribution in [0.5, 0.6) is 0 Å². The highest BCUT2D eigenvalue weighted by Gasteiger charge is 2.71. The van der Waals surface area contributed by atoms with Gasteiger partial charge in [-0.2, -0.15) is 11.8 Å². The fourth-order valence-electron chi connectivity index (χ4n) is 5.91. The van der Waals surface area contributed by atoms with E-state index in [1.165, 1.54) is 9.80 Å². The van der Waals surface area contributed by atoms with Crippen LogP contribution in [-0.4, -0.2) is 59.8 Å². The fourth-order valence-corrected chi connectivity index (χ4v) is 6.40. The van der Waals surface area contributed by atoms with Gasteiger partial charge in [-0.1, -0.05) is 48.5 Å². The van der Waals surface area contributed by atoms with Crippen molar-refractivity contribution in [3.8, 4) is 0 Å². The fraction of sp³-hybridized carbons (Fsp3) is 0.407. The second-order valence-corrected chi connectivity index (χ2v) is 10.3. The van der Waals surface area contributed by atoms with Crippen molar-refractivity contribution >= 4 is 41.1 Å². The summed E-state index contributed by atoms with van der Waals surface area (Å²) < 4.78 is 5.12. The molecule has 5 rings (SSSR count). The van der Waals surface area contributed by atoms with Gasteiger partial charge in [0.1, 0.15) is 12.1 Å². The third-order valence-corrected chi connectivity index (χ3v) is 8.01. The molecule has 9 heteroatoms. The first-order valence-corrected chi connectivity index (χ1v) is 13.6. The lowest BCUT2D eigenvalue weighted by Crippen LogP contribution is -2.55. The molecule has 3 heterocycles. The summed E-state index contributed by atoms with van der Waals surface area (Å²) in [6, 6.07) is 16.2. The van der Waals surface area contributed by atoms with E-state index in [0.29, 0.717) is 17.7 Å². The van der Waals surface area contributed by atoms with Gasteiger partial charge < -0.3 is 4.74 Å². The largest absolute Gasteiger partial charge is 0.465 e. The molecule has 2 aromatic rings. The Morgan fingerprint density at radius 3 is 2.47 bits per heavy atom. The van der Waals surface area contributed by atoms with Crippen molar-refractivity contribution in [3.05, 3.63) is 65.7 Å². The van der Waals surface area contributed by atoms with E-state index in [9.17, 15) is 19.2 Å². The number of nitrogens with zero attached hydrogens (tertiary/aromatic N) is 2. The van der Waals surface area contributed by atoms with E-state index in [1.807, 2.05) is 48.7 Å². The molecule has 36 heavy (non-hydrogen) atoms. The number of para-hydroxylation sites is 1. The first-order valence-electron chi connectivity index (χ1n) is 12.2. The summed E-state index contributed by atoms with van der Waals surface area (Å²) in [4.78, 5) is 57.0.